The van der Waals surface area contributed by atoms with Crippen LogP contribution in [-0.4, -0.2) is 12.1 Å². The predicted octanol–water partition coefficient (Wildman–Crippen LogP) is 5.09. The predicted molar refractivity (Wildman–Crippen MR) is 108 cm³/mol. The Labute approximate surface area is 168 Å². The molecule has 4 aromatic rings. The van der Waals surface area contributed by atoms with Crippen LogP contribution >= 0.6 is 15.9 Å². The number of hydrazone groups is 1. The monoisotopic (exact) mass is 433 g/mol. The van der Waals surface area contributed by atoms with Crippen molar-refractivity contribution in [1.29, 1.82) is 5.26 Å². The van der Waals surface area contributed by atoms with Crippen LogP contribution in [0.1, 0.15) is 21.9 Å². The van der Waals surface area contributed by atoms with Crippen LogP contribution < -0.4 is 5.43 Å². The van der Waals surface area contributed by atoms with E-state index >= 15 is 0 Å². The molecule has 2 aromatic carbocycles. The molecule has 0 bridgehead atoms. The summed E-state index contributed by atoms with van der Waals surface area (Å²) >= 11 is 3.38. The number of furan rings is 2. The summed E-state index contributed by atoms with van der Waals surface area (Å²) in [7, 11) is 0. The highest BCUT2D eigenvalue weighted by atomic mass is 79.9. The smallest absolute Gasteiger partial charge is 0.307 e. The number of carbonyl (C=O) groups is 1. The van der Waals surface area contributed by atoms with E-state index in [-0.39, 0.29) is 5.76 Å². The Morgan fingerprint density at radius 3 is 2.68 bits per heavy atom. The molecule has 6 nitrogen and oxygen atoms in total. The molecular formula is C21H12BrN3O3. The maximum atomic E-state index is 12.2. The molecule has 0 atom stereocenters. The number of benzene rings is 2. The average molecular weight is 434 g/mol. The van der Waals surface area contributed by atoms with Crippen LogP contribution in [-0.2, 0) is 0 Å². The van der Waals surface area contributed by atoms with Gasteiger partial charge >= 0.3 is 5.91 Å². The summed E-state index contributed by atoms with van der Waals surface area (Å²) in [5.74, 6) is 0.832. The third kappa shape index (κ3) is 3.72. The number of nitriles is 1. The lowest BCUT2D eigenvalue weighted by atomic mass is 10.1. The van der Waals surface area contributed by atoms with Crippen molar-refractivity contribution >= 4 is 39.0 Å². The van der Waals surface area contributed by atoms with Crippen LogP contribution in [0, 0.1) is 11.3 Å². The van der Waals surface area contributed by atoms with Gasteiger partial charge in [-0.05, 0) is 60.7 Å². The third-order valence-electron chi connectivity index (χ3n) is 3.99. The highest BCUT2D eigenvalue weighted by Crippen LogP contribution is 2.24. The summed E-state index contributed by atoms with van der Waals surface area (Å²) in [6.45, 7) is 0. The normalized spacial score (nSPS) is 11.0. The van der Waals surface area contributed by atoms with Gasteiger partial charge in [-0.1, -0.05) is 15.9 Å². The second-order valence-corrected chi connectivity index (χ2v) is 6.80. The van der Waals surface area contributed by atoms with Gasteiger partial charge < -0.3 is 8.83 Å². The Bertz CT molecular complexity index is 1230. The Balaban J connectivity index is 1.43. The fourth-order valence-electron chi connectivity index (χ4n) is 2.62. The van der Waals surface area contributed by atoms with Gasteiger partial charge in [-0.15, -0.1) is 0 Å². The number of nitrogens with one attached hydrogen (secondary N) is 1. The second-order valence-electron chi connectivity index (χ2n) is 5.88. The van der Waals surface area contributed by atoms with Crippen LogP contribution in [0.5, 0.6) is 0 Å². The highest BCUT2D eigenvalue weighted by Gasteiger charge is 2.12. The first-order valence-electron chi connectivity index (χ1n) is 8.25. The molecule has 2 aromatic heterocycles. The molecular weight excluding hydrogens is 422 g/mol. The number of fused-ring (bicyclic) bond motifs is 1. The number of amides is 1. The van der Waals surface area contributed by atoms with Gasteiger partial charge in [0.25, 0.3) is 0 Å². The molecule has 136 valence electrons. The minimum Gasteiger partial charge on any atom is -0.455 e. The van der Waals surface area contributed by atoms with Gasteiger partial charge in [0.05, 0.1) is 17.8 Å². The third-order valence-corrected chi connectivity index (χ3v) is 4.48. The van der Waals surface area contributed by atoms with E-state index in [0.717, 1.165) is 15.4 Å². The zero-order valence-corrected chi connectivity index (χ0v) is 15.9. The van der Waals surface area contributed by atoms with Crippen molar-refractivity contribution in [3.63, 3.8) is 0 Å². The largest absolute Gasteiger partial charge is 0.455 e. The van der Waals surface area contributed by atoms with E-state index in [0.29, 0.717) is 22.7 Å². The summed E-state index contributed by atoms with van der Waals surface area (Å²) in [6.07, 6.45) is 1.41. The molecule has 4 rings (SSSR count). The number of nitrogens with zero attached hydrogens (tertiary/aromatic N) is 2. The molecule has 1 amide bonds. The molecule has 0 spiro atoms. The van der Waals surface area contributed by atoms with Crippen molar-refractivity contribution in [2.75, 3.05) is 0 Å². The molecule has 7 heteroatoms. The molecule has 0 aliphatic carbocycles. The highest BCUT2D eigenvalue weighted by molar-refractivity contribution is 9.10. The van der Waals surface area contributed by atoms with Crippen molar-refractivity contribution in [3.05, 3.63) is 82.2 Å². The van der Waals surface area contributed by atoms with Gasteiger partial charge in [0.2, 0.25) is 0 Å². The lowest BCUT2D eigenvalue weighted by Gasteiger charge is -1.96. The van der Waals surface area contributed by atoms with E-state index in [1.54, 1.807) is 48.5 Å². The first-order chi connectivity index (χ1) is 13.6. The standard InChI is InChI=1S/C21H12BrN3O3/c22-16-5-7-19-15(9-16)10-20(28-19)21(26)25-24-12-17-6-8-18(27-17)14-3-1-13(11-23)2-4-14/h1-10,12H,(H,25,26)/b24-12-. The lowest BCUT2D eigenvalue weighted by Crippen LogP contribution is -2.16. The van der Waals surface area contributed by atoms with Crippen LogP contribution in [0.3, 0.4) is 0 Å². The molecule has 0 aliphatic heterocycles. The van der Waals surface area contributed by atoms with Crippen LogP contribution in [0.4, 0.5) is 0 Å². The van der Waals surface area contributed by atoms with E-state index in [2.05, 4.69) is 32.5 Å². The SMILES string of the molecule is N#Cc1ccc(-c2ccc(/C=N\NC(=O)c3cc4cc(Br)ccc4o3)o2)cc1. The lowest BCUT2D eigenvalue weighted by molar-refractivity contribution is 0.0929. The zero-order valence-electron chi connectivity index (χ0n) is 14.3. The molecule has 2 heterocycles. The summed E-state index contributed by atoms with van der Waals surface area (Å²) in [4.78, 5) is 12.2. The van der Waals surface area contributed by atoms with Crippen LogP contribution in [0.2, 0.25) is 0 Å². The number of hydrogen-bond acceptors (Lipinski definition) is 5. The minimum absolute atomic E-state index is 0.169. The Morgan fingerprint density at radius 1 is 1.07 bits per heavy atom. The first-order valence-corrected chi connectivity index (χ1v) is 9.04. The fourth-order valence-corrected chi connectivity index (χ4v) is 3.00. The molecule has 0 radical (unpaired) electrons. The van der Waals surface area contributed by atoms with Gasteiger partial charge in [-0.3, -0.25) is 4.79 Å². The van der Waals surface area contributed by atoms with Crippen molar-refractivity contribution in [2.45, 2.75) is 0 Å². The number of rotatable bonds is 4. The maximum absolute atomic E-state index is 12.2. The summed E-state index contributed by atoms with van der Waals surface area (Å²) in [6, 6.07) is 19.8. The molecule has 0 aliphatic rings. The fraction of sp³-hybridized carbons (Fsp3) is 0. The first kappa shape index (κ1) is 17.8. The van der Waals surface area contributed by atoms with E-state index in [1.165, 1.54) is 6.21 Å². The van der Waals surface area contributed by atoms with Gasteiger partial charge in [-0.2, -0.15) is 10.4 Å². The van der Waals surface area contributed by atoms with E-state index in [4.69, 9.17) is 14.1 Å². The molecule has 0 saturated carbocycles. The van der Waals surface area contributed by atoms with Crippen LogP contribution in [0.15, 0.2) is 79.1 Å². The number of hydrogen-bond donors (Lipinski definition) is 1. The van der Waals surface area contributed by atoms with Crippen molar-refractivity contribution in [3.8, 4) is 17.4 Å². The van der Waals surface area contributed by atoms with E-state index < -0.39 is 5.91 Å². The second kappa shape index (κ2) is 7.55. The molecule has 0 unspecified atom stereocenters. The number of halogens is 1. The minimum atomic E-state index is -0.456. The van der Waals surface area contributed by atoms with E-state index in [9.17, 15) is 4.79 Å². The Hall–Kier alpha value is -3.63. The van der Waals surface area contributed by atoms with Crippen molar-refractivity contribution < 1.29 is 13.6 Å². The Morgan fingerprint density at radius 2 is 1.89 bits per heavy atom. The quantitative estimate of drug-likeness (QED) is 0.358. The topological polar surface area (TPSA) is 91.5 Å². The zero-order chi connectivity index (χ0) is 19.5. The average Bonchev–Trinajstić information content (AvgIpc) is 3.34. The van der Waals surface area contributed by atoms with Gasteiger partial charge in [0.15, 0.2) is 5.76 Å². The van der Waals surface area contributed by atoms with Gasteiger partial charge in [0.1, 0.15) is 17.1 Å². The van der Waals surface area contributed by atoms with Crippen molar-refractivity contribution in [1.82, 2.24) is 5.43 Å². The summed E-state index contributed by atoms with van der Waals surface area (Å²) < 4.78 is 12.1. The van der Waals surface area contributed by atoms with E-state index in [1.807, 2.05) is 12.1 Å². The molecule has 0 saturated heterocycles. The van der Waals surface area contributed by atoms with Gasteiger partial charge in [-0.25, -0.2) is 5.43 Å². The molecule has 28 heavy (non-hydrogen) atoms. The van der Waals surface area contributed by atoms with Crippen LogP contribution in [0.25, 0.3) is 22.3 Å². The van der Waals surface area contributed by atoms with Crippen molar-refractivity contribution in [2.24, 2.45) is 5.10 Å². The molecule has 1 N–H and O–H groups in total. The molecule has 0 fully saturated rings. The maximum Gasteiger partial charge on any atom is 0.307 e. The van der Waals surface area contributed by atoms with Gasteiger partial charge in [0, 0.05) is 15.4 Å². The Kier molecular flexibility index (Phi) is 4.79. The summed E-state index contributed by atoms with van der Waals surface area (Å²) in [5.41, 5.74) is 4.46. The number of carbonyl (C=O) groups excluding carboxylic acids is 1. The summed E-state index contributed by atoms with van der Waals surface area (Å²) in [5, 5.41) is 13.6.